The minimum absolute atomic E-state index is 0.0989. The van der Waals surface area contributed by atoms with Gasteiger partial charge in [0, 0.05) is 23.3 Å². The van der Waals surface area contributed by atoms with Crippen molar-refractivity contribution < 1.29 is 14.3 Å². The highest BCUT2D eigenvalue weighted by molar-refractivity contribution is 6.30. The zero-order valence-electron chi connectivity index (χ0n) is 14.3. The fourth-order valence-corrected chi connectivity index (χ4v) is 3.16. The molecule has 2 atom stereocenters. The van der Waals surface area contributed by atoms with Crippen LogP contribution in [0.2, 0.25) is 5.02 Å². The van der Waals surface area contributed by atoms with E-state index in [2.05, 4.69) is 16.0 Å². The third-order valence-corrected chi connectivity index (χ3v) is 4.58. The molecule has 3 rings (SSSR count). The molecule has 7 heteroatoms. The summed E-state index contributed by atoms with van der Waals surface area (Å²) in [5, 5.41) is 9.13. The normalized spacial score (nSPS) is 19.4. The number of methoxy groups -OCH3 is 1. The van der Waals surface area contributed by atoms with Crippen molar-refractivity contribution in [2.75, 3.05) is 19.0 Å². The number of urea groups is 1. The number of piperidine rings is 1. The van der Waals surface area contributed by atoms with Crippen molar-refractivity contribution >= 4 is 29.2 Å². The number of nitrogens with one attached hydrogen (secondary N) is 3. The highest BCUT2D eigenvalue weighted by Gasteiger charge is 2.34. The van der Waals surface area contributed by atoms with E-state index in [9.17, 15) is 9.59 Å². The number of hydrogen-bond donors (Lipinski definition) is 3. The Morgan fingerprint density at radius 3 is 2.50 bits per heavy atom. The standard InChI is InChI=1S/C19H20ClN3O3/c1-26-15-8-2-12(3-9-15)17-16(10-11-21-18(17)24)23-19(25)22-14-6-4-13(20)5-7-14/h2-9,16-17H,10-11H2,1H3,(H,21,24)(H2,22,23,25). The van der Waals surface area contributed by atoms with Gasteiger partial charge < -0.3 is 20.7 Å². The predicted octanol–water partition coefficient (Wildman–Crippen LogP) is 3.14. The quantitative estimate of drug-likeness (QED) is 0.770. The number of halogens is 1. The van der Waals surface area contributed by atoms with Crippen molar-refractivity contribution in [2.45, 2.75) is 18.4 Å². The molecule has 0 radical (unpaired) electrons. The summed E-state index contributed by atoms with van der Waals surface area (Å²) in [6, 6.07) is 13.5. The Bertz CT molecular complexity index is 778. The average molecular weight is 374 g/mol. The number of benzene rings is 2. The van der Waals surface area contributed by atoms with Crippen molar-refractivity contribution in [2.24, 2.45) is 0 Å². The van der Waals surface area contributed by atoms with Gasteiger partial charge in [-0.2, -0.15) is 0 Å². The summed E-state index contributed by atoms with van der Waals surface area (Å²) in [4.78, 5) is 24.8. The van der Waals surface area contributed by atoms with Crippen LogP contribution >= 0.6 is 11.6 Å². The SMILES string of the molecule is COc1ccc(C2C(=O)NCCC2NC(=O)Nc2ccc(Cl)cc2)cc1. The molecule has 0 saturated carbocycles. The van der Waals surface area contributed by atoms with Crippen LogP contribution in [0.15, 0.2) is 48.5 Å². The molecule has 3 amide bonds. The fraction of sp³-hybridized carbons (Fsp3) is 0.263. The van der Waals surface area contributed by atoms with Crippen molar-refractivity contribution in [3.63, 3.8) is 0 Å². The minimum atomic E-state index is -0.453. The molecule has 26 heavy (non-hydrogen) atoms. The van der Waals surface area contributed by atoms with E-state index in [4.69, 9.17) is 16.3 Å². The minimum Gasteiger partial charge on any atom is -0.497 e. The molecule has 1 saturated heterocycles. The van der Waals surface area contributed by atoms with Gasteiger partial charge in [-0.25, -0.2) is 4.79 Å². The second-order valence-electron chi connectivity index (χ2n) is 6.04. The maximum absolute atomic E-state index is 12.4. The first-order valence-electron chi connectivity index (χ1n) is 8.31. The summed E-state index contributed by atoms with van der Waals surface area (Å²) in [6.07, 6.45) is 0.649. The van der Waals surface area contributed by atoms with E-state index in [1.807, 2.05) is 24.3 Å². The van der Waals surface area contributed by atoms with Crippen LogP contribution in [-0.2, 0) is 4.79 Å². The lowest BCUT2D eigenvalue weighted by Crippen LogP contribution is -2.52. The molecule has 1 aliphatic heterocycles. The number of anilines is 1. The predicted molar refractivity (Wildman–Crippen MR) is 101 cm³/mol. The Hall–Kier alpha value is -2.73. The first-order valence-corrected chi connectivity index (χ1v) is 8.69. The molecule has 3 N–H and O–H groups in total. The van der Waals surface area contributed by atoms with Gasteiger partial charge in [-0.05, 0) is 48.4 Å². The summed E-state index contributed by atoms with van der Waals surface area (Å²) >= 11 is 5.85. The number of amides is 3. The van der Waals surface area contributed by atoms with Crippen LogP contribution in [0, 0.1) is 0 Å². The van der Waals surface area contributed by atoms with Gasteiger partial charge in [-0.15, -0.1) is 0 Å². The summed E-state index contributed by atoms with van der Waals surface area (Å²) in [5.41, 5.74) is 1.47. The third kappa shape index (κ3) is 4.26. The Morgan fingerprint density at radius 2 is 1.85 bits per heavy atom. The van der Waals surface area contributed by atoms with Gasteiger partial charge in [-0.1, -0.05) is 23.7 Å². The Kier molecular flexibility index (Phi) is 5.63. The molecule has 0 aliphatic carbocycles. The third-order valence-electron chi connectivity index (χ3n) is 4.33. The molecule has 1 heterocycles. The number of rotatable bonds is 4. The maximum atomic E-state index is 12.4. The van der Waals surface area contributed by atoms with Gasteiger partial charge in [0.15, 0.2) is 0 Å². The smallest absolute Gasteiger partial charge is 0.319 e. The molecule has 2 aromatic carbocycles. The van der Waals surface area contributed by atoms with E-state index in [0.29, 0.717) is 23.7 Å². The number of ether oxygens (including phenoxy) is 1. The molecule has 0 spiro atoms. The van der Waals surface area contributed by atoms with Crippen LogP contribution in [0.1, 0.15) is 17.9 Å². The molecule has 2 unspecified atom stereocenters. The number of carbonyl (C=O) groups excluding carboxylic acids is 2. The van der Waals surface area contributed by atoms with Gasteiger partial charge >= 0.3 is 6.03 Å². The first kappa shape index (κ1) is 18.1. The van der Waals surface area contributed by atoms with E-state index in [-0.39, 0.29) is 18.0 Å². The van der Waals surface area contributed by atoms with Crippen LogP contribution in [0.25, 0.3) is 0 Å². The largest absolute Gasteiger partial charge is 0.497 e. The van der Waals surface area contributed by atoms with Crippen molar-refractivity contribution in [3.8, 4) is 5.75 Å². The van der Waals surface area contributed by atoms with Crippen LogP contribution in [0.4, 0.5) is 10.5 Å². The number of carbonyl (C=O) groups is 2. The molecule has 1 aliphatic rings. The first-order chi connectivity index (χ1) is 12.6. The highest BCUT2D eigenvalue weighted by atomic mass is 35.5. The summed E-state index contributed by atoms with van der Waals surface area (Å²) in [7, 11) is 1.59. The second-order valence-corrected chi connectivity index (χ2v) is 6.48. The second kappa shape index (κ2) is 8.10. The zero-order valence-corrected chi connectivity index (χ0v) is 15.0. The van der Waals surface area contributed by atoms with Crippen molar-refractivity contribution in [3.05, 3.63) is 59.1 Å². The van der Waals surface area contributed by atoms with E-state index in [1.165, 1.54) is 0 Å². The molecule has 6 nitrogen and oxygen atoms in total. The monoisotopic (exact) mass is 373 g/mol. The lowest BCUT2D eigenvalue weighted by atomic mass is 9.86. The highest BCUT2D eigenvalue weighted by Crippen LogP contribution is 2.27. The topological polar surface area (TPSA) is 79.5 Å². The fourth-order valence-electron chi connectivity index (χ4n) is 3.03. The molecular formula is C19H20ClN3O3. The Labute approximate surface area is 156 Å². The van der Waals surface area contributed by atoms with Crippen LogP contribution < -0.4 is 20.7 Å². The van der Waals surface area contributed by atoms with Gasteiger partial charge in [0.25, 0.3) is 0 Å². The summed E-state index contributed by atoms with van der Waals surface area (Å²) in [6.45, 7) is 0.525. The van der Waals surface area contributed by atoms with Gasteiger partial charge in [0.05, 0.1) is 13.0 Å². The molecule has 0 bridgehead atoms. The van der Waals surface area contributed by atoms with E-state index >= 15 is 0 Å². The van der Waals surface area contributed by atoms with Crippen molar-refractivity contribution in [1.29, 1.82) is 0 Å². The summed E-state index contributed by atoms with van der Waals surface area (Å²) in [5.74, 6) is 0.166. The number of hydrogen-bond acceptors (Lipinski definition) is 3. The Morgan fingerprint density at radius 1 is 1.15 bits per heavy atom. The van der Waals surface area contributed by atoms with E-state index < -0.39 is 5.92 Å². The van der Waals surface area contributed by atoms with E-state index in [0.717, 1.165) is 11.3 Å². The zero-order chi connectivity index (χ0) is 18.5. The van der Waals surface area contributed by atoms with Gasteiger partial charge in [0.2, 0.25) is 5.91 Å². The molecular weight excluding hydrogens is 354 g/mol. The van der Waals surface area contributed by atoms with Crippen LogP contribution in [0.3, 0.4) is 0 Å². The average Bonchev–Trinajstić information content (AvgIpc) is 2.64. The molecule has 0 aromatic heterocycles. The molecule has 1 fully saturated rings. The van der Waals surface area contributed by atoms with Crippen molar-refractivity contribution in [1.82, 2.24) is 10.6 Å². The molecule has 136 valence electrons. The van der Waals surface area contributed by atoms with Gasteiger partial charge in [0.1, 0.15) is 5.75 Å². The summed E-state index contributed by atoms with van der Waals surface area (Å²) < 4.78 is 5.16. The van der Waals surface area contributed by atoms with Gasteiger partial charge in [-0.3, -0.25) is 4.79 Å². The lowest BCUT2D eigenvalue weighted by Gasteiger charge is -2.32. The van der Waals surface area contributed by atoms with Crippen LogP contribution in [-0.4, -0.2) is 31.6 Å². The van der Waals surface area contributed by atoms with E-state index in [1.54, 1.807) is 31.4 Å². The molecule has 2 aromatic rings. The Balaban J connectivity index is 1.71. The lowest BCUT2D eigenvalue weighted by molar-refractivity contribution is -0.124. The van der Waals surface area contributed by atoms with Crippen LogP contribution in [0.5, 0.6) is 5.75 Å². The maximum Gasteiger partial charge on any atom is 0.319 e.